The van der Waals surface area contributed by atoms with Crippen LogP contribution in [0.2, 0.25) is 0 Å². The molecule has 0 bridgehead atoms. The van der Waals surface area contributed by atoms with Gasteiger partial charge < -0.3 is 5.73 Å². The van der Waals surface area contributed by atoms with Crippen molar-refractivity contribution < 1.29 is 4.79 Å². The first-order valence-electron chi connectivity index (χ1n) is 5.88. The highest BCUT2D eigenvalue weighted by Gasteiger charge is 2.40. The summed E-state index contributed by atoms with van der Waals surface area (Å²) in [6.07, 6.45) is 4.37. The number of fused-ring (bicyclic) bond motifs is 1. The molecule has 0 spiro atoms. The predicted octanol–water partition coefficient (Wildman–Crippen LogP) is 2.30. The van der Waals surface area contributed by atoms with Crippen LogP contribution in [0.1, 0.15) is 29.6 Å². The third-order valence-electron chi connectivity index (χ3n) is 3.59. The van der Waals surface area contributed by atoms with Gasteiger partial charge in [-0.25, -0.2) is 0 Å². The molecule has 3 heteroatoms. The second kappa shape index (κ2) is 3.64. The van der Waals surface area contributed by atoms with Gasteiger partial charge in [0.05, 0.1) is 11.1 Å². The zero-order valence-electron chi connectivity index (χ0n) is 9.52. The normalized spacial score (nSPS) is 17.7. The number of Topliss-reactive ketones (excluding diaryl/α,β-unsaturated/α-hetero) is 1. The van der Waals surface area contributed by atoms with Crippen LogP contribution in [0.3, 0.4) is 0 Å². The van der Waals surface area contributed by atoms with Crippen molar-refractivity contribution in [1.82, 2.24) is 4.98 Å². The van der Waals surface area contributed by atoms with Crippen LogP contribution >= 0.6 is 0 Å². The highest BCUT2D eigenvalue weighted by Crippen LogP contribution is 2.33. The lowest BCUT2D eigenvalue weighted by Gasteiger charge is -2.36. The van der Waals surface area contributed by atoms with Gasteiger partial charge in [0.25, 0.3) is 0 Å². The molecule has 1 fully saturated rings. The lowest BCUT2D eigenvalue weighted by molar-refractivity contribution is 0.0802. The van der Waals surface area contributed by atoms with E-state index in [1.165, 1.54) is 0 Å². The fourth-order valence-corrected chi connectivity index (χ4v) is 2.35. The predicted molar refractivity (Wildman–Crippen MR) is 66.8 cm³/mol. The van der Waals surface area contributed by atoms with Crippen molar-refractivity contribution in [2.24, 2.45) is 5.73 Å². The molecule has 17 heavy (non-hydrogen) atoms. The number of carbonyl (C=O) groups is 1. The molecule has 0 aliphatic heterocycles. The highest BCUT2D eigenvalue weighted by molar-refractivity contribution is 6.12. The molecule has 1 aliphatic rings. The fraction of sp³-hybridized carbons (Fsp3) is 0.286. The van der Waals surface area contributed by atoms with Crippen LogP contribution in [-0.4, -0.2) is 16.3 Å². The van der Waals surface area contributed by atoms with Crippen LogP contribution in [0.5, 0.6) is 0 Å². The molecule has 2 aromatic rings. The Morgan fingerprint density at radius 1 is 1.24 bits per heavy atom. The minimum Gasteiger partial charge on any atom is -0.319 e. The van der Waals surface area contributed by atoms with Gasteiger partial charge in [0.1, 0.15) is 0 Å². The van der Waals surface area contributed by atoms with E-state index in [9.17, 15) is 4.79 Å². The number of rotatable bonds is 2. The maximum Gasteiger partial charge on any atom is 0.183 e. The highest BCUT2D eigenvalue weighted by atomic mass is 16.1. The van der Waals surface area contributed by atoms with Crippen LogP contribution in [-0.2, 0) is 0 Å². The minimum atomic E-state index is -0.635. The van der Waals surface area contributed by atoms with Gasteiger partial charge >= 0.3 is 0 Å². The van der Waals surface area contributed by atoms with E-state index in [0.717, 1.165) is 30.2 Å². The Morgan fingerprint density at radius 3 is 2.76 bits per heavy atom. The molecule has 86 valence electrons. The number of nitrogens with two attached hydrogens (primary N) is 1. The van der Waals surface area contributed by atoms with Crippen LogP contribution < -0.4 is 5.73 Å². The number of aromatic nitrogens is 1. The summed E-state index contributed by atoms with van der Waals surface area (Å²) < 4.78 is 0. The number of benzene rings is 1. The number of pyridine rings is 1. The van der Waals surface area contributed by atoms with E-state index < -0.39 is 5.54 Å². The second-order valence-electron chi connectivity index (χ2n) is 4.71. The summed E-state index contributed by atoms with van der Waals surface area (Å²) in [6.45, 7) is 0. The van der Waals surface area contributed by atoms with E-state index in [1.807, 2.05) is 30.3 Å². The summed E-state index contributed by atoms with van der Waals surface area (Å²) in [6, 6.07) is 9.40. The topological polar surface area (TPSA) is 56.0 Å². The van der Waals surface area contributed by atoms with Crippen molar-refractivity contribution in [3.63, 3.8) is 0 Å². The molecular weight excluding hydrogens is 212 g/mol. The van der Waals surface area contributed by atoms with Crippen molar-refractivity contribution in [2.75, 3.05) is 0 Å². The Kier molecular flexibility index (Phi) is 2.23. The number of hydrogen-bond donors (Lipinski definition) is 1. The third-order valence-corrected chi connectivity index (χ3v) is 3.59. The quantitative estimate of drug-likeness (QED) is 0.799. The standard InChI is InChI=1S/C14H14N2O/c15-14(7-3-8-14)13(17)11-4-1-6-12-10(11)5-2-9-16-12/h1-2,4-6,9H,3,7-8,15H2. The number of carbonyl (C=O) groups excluding carboxylic acids is 1. The first kappa shape index (κ1) is 10.4. The molecule has 0 atom stereocenters. The first-order valence-corrected chi connectivity index (χ1v) is 5.88. The maximum atomic E-state index is 12.4. The third kappa shape index (κ3) is 1.54. The molecule has 1 aromatic carbocycles. The molecule has 0 unspecified atom stereocenters. The van der Waals surface area contributed by atoms with E-state index in [4.69, 9.17) is 5.73 Å². The maximum absolute atomic E-state index is 12.4. The van der Waals surface area contributed by atoms with Gasteiger partial charge in [0.2, 0.25) is 0 Å². The summed E-state index contributed by atoms with van der Waals surface area (Å²) in [5, 5.41) is 0.900. The lowest BCUT2D eigenvalue weighted by atomic mass is 9.72. The zero-order valence-corrected chi connectivity index (χ0v) is 9.52. The Hall–Kier alpha value is -1.74. The second-order valence-corrected chi connectivity index (χ2v) is 4.71. The van der Waals surface area contributed by atoms with Crippen LogP contribution in [0.15, 0.2) is 36.5 Å². The Balaban J connectivity index is 2.14. The van der Waals surface area contributed by atoms with Gasteiger partial charge in [-0.15, -0.1) is 0 Å². The largest absolute Gasteiger partial charge is 0.319 e. The van der Waals surface area contributed by atoms with Gasteiger partial charge in [0.15, 0.2) is 5.78 Å². The van der Waals surface area contributed by atoms with E-state index in [-0.39, 0.29) is 5.78 Å². The first-order chi connectivity index (χ1) is 8.21. The molecule has 1 saturated carbocycles. The Morgan fingerprint density at radius 2 is 2.06 bits per heavy atom. The summed E-state index contributed by atoms with van der Waals surface area (Å²) in [5.74, 6) is 0.0577. The number of hydrogen-bond acceptors (Lipinski definition) is 3. The van der Waals surface area contributed by atoms with E-state index in [0.29, 0.717) is 5.56 Å². The molecular formula is C14H14N2O. The molecule has 0 amide bonds. The Bertz CT molecular complexity index is 582. The number of ketones is 1. The van der Waals surface area contributed by atoms with Crippen LogP contribution in [0.25, 0.3) is 10.9 Å². The monoisotopic (exact) mass is 226 g/mol. The summed E-state index contributed by atoms with van der Waals surface area (Å²) in [4.78, 5) is 16.7. The van der Waals surface area contributed by atoms with Crippen LogP contribution in [0.4, 0.5) is 0 Å². The van der Waals surface area contributed by atoms with Gasteiger partial charge in [-0.3, -0.25) is 9.78 Å². The van der Waals surface area contributed by atoms with Gasteiger partial charge in [-0.05, 0) is 31.4 Å². The van der Waals surface area contributed by atoms with Crippen molar-refractivity contribution in [3.8, 4) is 0 Å². The van der Waals surface area contributed by atoms with E-state index in [2.05, 4.69) is 4.98 Å². The summed E-state index contributed by atoms with van der Waals surface area (Å²) in [5.41, 5.74) is 7.02. The molecule has 0 saturated heterocycles. The number of nitrogens with zero attached hydrogens (tertiary/aromatic N) is 1. The van der Waals surface area contributed by atoms with Crippen molar-refractivity contribution >= 4 is 16.7 Å². The molecule has 0 radical (unpaired) electrons. The van der Waals surface area contributed by atoms with Crippen molar-refractivity contribution in [3.05, 3.63) is 42.1 Å². The zero-order chi connectivity index (χ0) is 11.9. The molecule has 1 heterocycles. The molecule has 1 aromatic heterocycles. The Labute approximate surface area is 99.7 Å². The molecule has 3 rings (SSSR count). The fourth-order valence-electron chi connectivity index (χ4n) is 2.35. The average Bonchev–Trinajstić information content (AvgIpc) is 2.34. The van der Waals surface area contributed by atoms with E-state index in [1.54, 1.807) is 6.20 Å². The lowest BCUT2D eigenvalue weighted by Crippen LogP contribution is -2.53. The van der Waals surface area contributed by atoms with Gasteiger partial charge in [-0.2, -0.15) is 0 Å². The van der Waals surface area contributed by atoms with Gasteiger partial charge in [0, 0.05) is 17.1 Å². The SMILES string of the molecule is NC1(C(=O)c2cccc3ncccc23)CCC1. The molecule has 2 N–H and O–H groups in total. The molecule has 3 nitrogen and oxygen atoms in total. The van der Waals surface area contributed by atoms with Crippen molar-refractivity contribution in [1.29, 1.82) is 0 Å². The summed E-state index contributed by atoms with van der Waals surface area (Å²) >= 11 is 0. The average molecular weight is 226 g/mol. The van der Waals surface area contributed by atoms with Crippen molar-refractivity contribution in [2.45, 2.75) is 24.8 Å². The summed E-state index contributed by atoms with van der Waals surface area (Å²) in [7, 11) is 0. The molecule has 1 aliphatic carbocycles. The van der Waals surface area contributed by atoms with E-state index >= 15 is 0 Å². The van der Waals surface area contributed by atoms with Crippen LogP contribution in [0, 0.1) is 0 Å². The smallest absolute Gasteiger partial charge is 0.183 e. The minimum absolute atomic E-state index is 0.0577. The van der Waals surface area contributed by atoms with Gasteiger partial charge in [-0.1, -0.05) is 18.2 Å².